The third-order valence-corrected chi connectivity index (χ3v) is 6.28. The van der Waals surface area contributed by atoms with Crippen LogP contribution >= 0.6 is 0 Å². The van der Waals surface area contributed by atoms with Crippen molar-refractivity contribution < 1.29 is 0 Å². The molecule has 1 aromatic carbocycles. The van der Waals surface area contributed by atoms with Gasteiger partial charge in [-0.3, -0.25) is 0 Å². The van der Waals surface area contributed by atoms with Crippen LogP contribution in [0.5, 0.6) is 0 Å². The Balaban J connectivity index is 1.57. The smallest absolute Gasteiger partial charge is 0.0495 e. The maximum Gasteiger partial charge on any atom is 0.0495 e. The summed E-state index contributed by atoms with van der Waals surface area (Å²) in [5, 5.41) is 3.99. The van der Waals surface area contributed by atoms with E-state index < -0.39 is 0 Å². The van der Waals surface area contributed by atoms with Crippen molar-refractivity contribution in [3.8, 4) is 0 Å². The second-order valence-electron chi connectivity index (χ2n) is 7.45. The number of fused-ring (bicyclic) bond motifs is 1. The molecule has 1 aromatic rings. The number of hydrogen-bond donors (Lipinski definition) is 1. The first-order valence-electron chi connectivity index (χ1n) is 7.83. The fourth-order valence-electron chi connectivity index (χ4n) is 5.58. The number of anilines is 1. The van der Waals surface area contributed by atoms with Gasteiger partial charge in [0, 0.05) is 30.9 Å². The number of piperidine rings is 3. The highest BCUT2D eigenvalue weighted by atomic mass is 15.2. The molecular weight excluding hydrogens is 232 g/mol. The largest absolute Gasteiger partial charge is 0.378 e. The molecule has 2 unspecified atom stereocenters. The molecule has 2 atom stereocenters. The average molecular weight is 254 g/mol. The zero-order valence-electron chi connectivity index (χ0n) is 11.7. The van der Waals surface area contributed by atoms with Crippen LogP contribution in [0.25, 0.3) is 0 Å². The van der Waals surface area contributed by atoms with E-state index in [9.17, 15) is 0 Å². The van der Waals surface area contributed by atoms with Crippen LogP contribution in [0.2, 0.25) is 0 Å². The standard InChI is InChI=1S/C17H22N2/c1-11-2-3-16-13(4-11)7-17(18-16)14-5-12-6-15(17)10-19(8-12)9-14/h2-4,12,14-15,18H,5-10H2,1H3. The molecule has 5 aliphatic rings. The third-order valence-electron chi connectivity index (χ3n) is 6.28. The quantitative estimate of drug-likeness (QED) is 0.766. The van der Waals surface area contributed by atoms with E-state index in [4.69, 9.17) is 0 Å². The van der Waals surface area contributed by atoms with Gasteiger partial charge in [0.2, 0.25) is 0 Å². The number of nitrogens with one attached hydrogen (secondary N) is 1. The van der Waals surface area contributed by atoms with Crippen LogP contribution in [0.15, 0.2) is 18.2 Å². The number of nitrogens with zero attached hydrogens (tertiary/aromatic N) is 1. The molecule has 4 aliphatic heterocycles. The molecule has 1 aliphatic carbocycles. The highest BCUT2D eigenvalue weighted by molar-refractivity contribution is 5.61. The van der Waals surface area contributed by atoms with Gasteiger partial charge >= 0.3 is 0 Å². The molecule has 100 valence electrons. The van der Waals surface area contributed by atoms with Gasteiger partial charge in [0.15, 0.2) is 0 Å². The molecule has 0 radical (unpaired) electrons. The lowest BCUT2D eigenvalue weighted by Crippen LogP contribution is -2.68. The van der Waals surface area contributed by atoms with E-state index in [-0.39, 0.29) is 0 Å². The predicted molar refractivity (Wildman–Crippen MR) is 77.4 cm³/mol. The van der Waals surface area contributed by atoms with E-state index in [1.807, 2.05) is 0 Å². The van der Waals surface area contributed by atoms with Crippen LogP contribution in [-0.2, 0) is 6.42 Å². The molecule has 1 N–H and O–H groups in total. The van der Waals surface area contributed by atoms with Gasteiger partial charge in [-0.15, -0.1) is 0 Å². The van der Waals surface area contributed by atoms with Crippen LogP contribution in [0.3, 0.4) is 0 Å². The van der Waals surface area contributed by atoms with Gasteiger partial charge < -0.3 is 10.2 Å². The fourth-order valence-corrected chi connectivity index (χ4v) is 5.58. The first-order valence-corrected chi connectivity index (χ1v) is 7.83. The highest BCUT2D eigenvalue weighted by Crippen LogP contribution is 2.54. The Morgan fingerprint density at radius 1 is 1.16 bits per heavy atom. The number of aryl methyl sites for hydroxylation is 1. The molecule has 4 fully saturated rings. The van der Waals surface area contributed by atoms with E-state index >= 15 is 0 Å². The molecule has 4 heterocycles. The Morgan fingerprint density at radius 2 is 1.95 bits per heavy atom. The van der Waals surface area contributed by atoms with Crippen molar-refractivity contribution in [2.75, 3.05) is 25.0 Å². The molecule has 2 nitrogen and oxygen atoms in total. The molecule has 0 amide bonds. The lowest BCUT2D eigenvalue weighted by atomic mass is 9.56. The lowest BCUT2D eigenvalue weighted by Gasteiger charge is -2.61. The normalized spacial score (nSPS) is 45.5. The first kappa shape index (κ1) is 10.7. The third kappa shape index (κ3) is 1.31. The summed E-state index contributed by atoms with van der Waals surface area (Å²) >= 11 is 0. The summed E-state index contributed by atoms with van der Waals surface area (Å²) in [5.74, 6) is 2.76. The van der Waals surface area contributed by atoms with Gasteiger partial charge in [-0.05, 0) is 55.6 Å². The number of benzene rings is 1. The van der Waals surface area contributed by atoms with E-state index in [0.717, 1.165) is 17.8 Å². The van der Waals surface area contributed by atoms with Gasteiger partial charge in [0.1, 0.15) is 0 Å². The number of hydrogen-bond acceptors (Lipinski definition) is 2. The van der Waals surface area contributed by atoms with Crippen LogP contribution in [-0.4, -0.2) is 30.1 Å². The molecule has 1 saturated carbocycles. The summed E-state index contributed by atoms with van der Waals surface area (Å²) in [6.45, 7) is 6.28. The van der Waals surface area contributed by atoms with Crippen LogP contribution in [0.4, 0.5) is 5.69 Å². The maximum absolute atomic E-state index is 3.99. The Kier molecular flexibility index (Phi) is 1.89. The Morgan fingerprint density at radius 3 is 2.68 bits per heavy atom. The summed E-state index contributed by atoms with van der Waals surface area (Å²) in [4.78, 5) is 2.73. The molecule has 19 heavy (non-hydrogen) atoms. The summed E-state index contributed by atoms with van der Waals surface area (Å²) < 4.78 is 0. The van der Waals surface area contributed by atoms with E-state index in [0.29, 0.717) is 5.54 Å². The summed E-state index contributed by atoms with van der Waals surface area (Å²) in [6.07, 6.45) is 4.21. The Hall–Kier alpha value is -1.02. The second-order valence-corrected chi connectivity index (χ2v) is 7.45. The van der Waals surface area contributed by atoms with Crippen molar-refractivity contribution in [3.05, 3.63) is 29.3 Å². The molecular formula is C17H22N2. The SMILES string of the molecule is Cc1ccc2c(c1)CC1(N2)C2CC3CC1CN(C3)C2. The van der Waals surface area contributed by atoms with Crippen molar-refractivity contribution in [2.45, 2.75) is 31.7 Å². The minimum atomic E-state index is 0.406. The summed E-state index contributed by atoms with van der Waals surface area (Å²) in [5.41, 5.74) is 4.81. The summed E-state index contributed by atoms with van der Waals surface area (Å²) in [6, 6.07) is 6.97. The number of rotatable bonds is 0. The lowest BCUT2D eigenvalue weighted by molar-refractivity contribution is -0.0681. The zero-order valence-corrected chi connectivity index (χ0v) is 11.7. The fraction of sp³-hybridized carbons (Fsp3) is 0.647. The van der Waals surface area contributed by atoms with Gasteiger partial charge in [-0.25, -0.2) is 0 Å². The van der Waals surface area contributed by atoms with Crippen LogP contribution < -0.4 is 5.32 Å². The Labute approximate surface area is 115 Å². The van der Waals surface area contributed by atoms with Crippen molar-refractivity contribution in [1.29, 1.82) is 0 Å². The minimum Gasteiger partial charge on any atom is -0.378 e. The molecule has 2 heteroatoms. The zero-order chi connectivity index (χ0) is 12.6. The van der Waals surface area contributed by atoms with Crippen molar-refractivity contribution in [1.82, 2.24) is 4.90 Å². The molecule has 6 rings (SSSR count). The Bertz CT molecular complexity index is 520. The second kappa shape index (κ2) is 3.35. The first-order chi connectivity index (χ1) is 9.23. The van der Waals surface area contributed by atoms with Crippen molar-refractivity contribution in [3.63, 3.8) is 0 Å². The van der Waals surface area contributed by atoms with Crippen molar-refractivity contribution >= 4 is 5.69 Å². The van der Waals surface area contributed by atoms with Crippen LogP contribution in [0, 0.1) is 24.7 Å². The van der Waals surface area contributed by atoms with E-state index in [1.54, 1.807) is 5.56 Å². The van der Waals surface area contributed by atoms with Crippen LogP contribution in [0.1, 0.15) is 24.0 Å². The molecule has 1 spiro atoms. The van der Waals surface area contributed by atoms with Gasteiger partial charge in [-0.1, -0.05) is 17.7 Å². The van der Waals surface area contributed by atoms with Gasteiger partial charge in [0.25, 0.3) is 0 Å². The van der Waals surface area contributed by atoms with E-state index in [2.05, 4.69) is 35.3 Å². The molecule has 4 bridgehead atoms. The molecule has 0 aromatic heterocycles. The van der Waals surface area contributed by atoms with Crippen molar-refractivity contribution in [2.24, 2.45) is 17.8 Å². The maximum atomic E-state index is 3.99. The predicted octanol–water partition coefficient (Wildman–Crippen LogP) is 2.67. The van der Waals surface area contributed by atoms with Gasteiger partial charge in [-0.2, -0.15) is 0 Å². The van der Waals surface area contributed by atoms with Gasteiger partial charge in [0.05, 0.1) is 0 Å². The highest BCUT2D eigenvalue weighted by Gasteiger charge is 2.58. The minimum absolute atomic E-state index is 0.406. The summed E-state index contributed by atoms with van der Waals surface area (Å²) in [7, 11) is 0. The van der Waals surface area contributed by atoms with E-state index in [1.165, 1.54) is 50.1 Å². The topological polar surface area (TPSA) is 15.3 Å². The monoisotopic (exact) mass is 254 g/mol. The molecule has 3 saturated heterocycles. The average Bonchev–Trinajstić information content (AvgIpc) is 2.75.